The summed E-state index contributed by atoms with van der Waals surface area (Å²) in [4.78, 5) is 16.7. The number of nitrogens with zero attached hydrogens (tertiary/aromatic N) is 3. The highest BCUT2D eigenvalue weighted by atomic mass is 32.1. The highest BCUT2D eigenvalue weighted by Crippen LogP contribution is 2.33. The molecule has 1 fully saturated rings. The van der Waals surface area contributed by atoms with Gasteiger partial charge >= 0.3 is 0 Å². The number of hydrogen-bond donors (Lipinski definition) is 0. The van der Waals surface area contributed by atoms with E-state index < -0.39 is 0 Å². The van der Waals surface area contributed by atoms with Crippen LogP contribution >= 0.6 is 11.3 Å². The van der Waals surface area contributed by atoms with Crippen molar-refractivity contribution in [3.63, 3.8) is 0 Å². The van der Waals surface area contributed by atoms with Crippen molar-refractivity contribution < 1.29 is 4.79 Å². The second-order valence-electron chi connectivity index (χ2n) is 7.22. The van der Waals surface area contributed by atoms with E-state index in [0.717, 1.165) is 47.8 Å². The van der Waals surface area contributed by atoms with Gasteiger partial charge in [0, 0.05) is 37.8 Å². The first kappa shape index (κ1) is 18.0. The molecule has 1 aromatic carbocycles. The predicted molar refractivity (Wildman–Crippen MR) is 110 cm³/mol. The van der Waals surface area contributed by atoms with Crippen molar-refractivity contribution in [2.24, 2.45) is 7.05 Å². The summed E-state index contributed by atoms with van der Waals surface area (Å²) in [6.07, 6.45) is 4.31. The molecule has 140 valence electrons. The number of thiophene rings is 1. The molecule has 0 spiro atoms. The van der Waals surface area contributed by atoms with E-state index in [0.29, 0.717) is 0 Å². The maximum atomic E-state index is 12.8. The van der Waals surface area contributed by atoms with Crippen LogP contribution in [-0.2, 0) is 13.5 Å². The molecule has 1 aliphatic rings. The molecule has 0 radical (unpaired) electrons. The Morgan fingerprint density at radius 2 is 1.81 bits per heavy atom. The number of benzene rings is 1. The minimum absolute atomic E-state index is 0.170. The maximum absolute atomic E-state index is 12.8. The van der Waals surface area contributed by atoms with Crippen LogP contribution in [0.25, 0.3) is 10.6 Å². The van der Waals surface area contributed by atoms with Gasteiger partial charge in [-0.15, -0.1) is 11.3 Å². The van der Waals surface area contributed by atoms with Crippen molar-refractivity contribution in [1.29, 1.82) is 0 Å². The first-order valence-corrected chi connectivity index (χ1v) is 10.4. The summed E-state index contributed by atoms with van der Waals surface area (Å²) < 4.78 is 1.94. The molecule has 0 bridgehead atoms. The molecule has 4 nitrogen and oxygen atoms in total. The molecule has 0 unspecified atom stereocenters. The highest BCUT2D eigenvalue weighted by molar-refractivity contribution is 7.17. The largest absolute Gasteiger partial charge is 0.338 e. The summed E-state index contributed by atoms with van der Waals surface area (Å²) in [5, 5.41) is 4.76. The minimum Gasteiger partial charge on any atom is -0.338 e. The Bertz CT molecular complexity index is 936. The number of hydrogen-bond acceptors (Lipinski definition) is 3. The Labute approximate surface area is 164 Å². The van der Waals surface area contributed by atoms with Gasteiger partial charge in [-0.1, -0.05) is 30.3 Å². The molecular weight excluding hydrogens is 354 g/mol. The SMILES string of the molecule is Cc1c(Cc2ccccc2)c(-c2ccc(C(=O)N3CCCCC3)s2)nn1C. The molecule has 4 rings (SSSR count). The summed E-state index contributed by atoms with van der Waals surface area (Å²) in [5.74, 6) is 0.170. The molecule has 1 saturated heterocycles. The highest BCUT2D eigenvalue weighted by Gasteiger charge is 2.22. The lowest BCUT2D eigenvalue weighted by molar-refractivity contribution is 0.0729. The fourth-order valence-electron chi connectivity index (χ4n) is 3.69. The average Bonchev–Trinajstić information content (AvgIpc) is 3.30. The summed E-state index contributed by atoms with van der Waals surface area (Å²) in [6.45, 7) is 3.88. The second kappa shape index (κ2) is 7.69. The Morgan fingerprint density at radius 1 is 1.07 bits per heavy atom. The van der Waals surface area contributed by atoms with E-state index in [-0.39, 0.29) is 5.91 Å². The third kappa shape index (κ3) is 3.69. The van der Waals surface area contributed by atoms with Gasteiger partial charge in [-0.05, 0) is 43.9 Å². The zero-order valence-corrected chi connectivity index (χ0v) is 16.8. The van der Waals surface area contributed by atoms with Crippen LogP contribution < -0.4 is 0 Å². The molecule has 0 saturated carbocycles. The fourth-order valence-corrected chi connectivity index (χ4v) is 4.68. The number of aryl methyl sites for hydroxylation is 1. The topological polar surface area (TPSA) is 38.1 Å². The number of rotatable bonds is 4. The molecule has 3 aromatic rings. The Morgan fingerprint density at radius 3 is 2.56 bits per heavy atom. The third-order valence-corrected chi connectivity index (χ3v) is 6.46. The van der Waals surface area contributed by atoms with Gasteiger partial charge in [0.1, 0.15) is 5.69 Å². The van der Waals surface area contributed by atoms with Crippen molar-refractivity contribution in [1.82, 2.24) is 14.7 Å². The summed E-state index contributed by atoms with van der Waals surface area (Å²) >= 11 is 1.57. The third-order valence-electron chi connectivity index (χ3n) is 5.38. The summed E-state index contributed by atoms with van der Waals surface area (Å²) in [6, 6.07) is 14.5. The van der Waals surface area contributed by atoms with Gasteiger partial charge in [-0.2, -0.15) is 5.10 Å². The van der Waals surface area contributed by atoms with E-state index in [2.05, 4.69) is 37.3 Å². The van der Waals surface area contributed by atoms with Crippen LogP contribution in [0.3, 0.4) is 0 Å². The number of carbonyl (C=O) groups excluding carboxylic acids is 1. The van der Waals surface area contributed by atoms with Gasteiger partial charge in [0.05, 0.1) is 9.75 Å². The first-order chi connectivity index (χ1) is 13.1. The van der Waals surface area contributed by atoms with E-state index in [4.69, 9.17) is 5.10 Å². The van der Waals surface area contributed by atoms with E-state index in [1.165, 1.54) is 23.2 Å². The number of carbonyl (C=O) groups is 1. The van der Waals surface area contributed by atoms with Crippen LogP contribution in [0, 0.1) is 6.92 Å². The predicted octanol–water partition coefficient (Wildman–Crippen LogP) is 4.67. The Balaban J connectivity index is 1.63. The average molecular weight is 380 g/mol. The van der Waals surface area contributed by atoms with Gasteiger partial charge in [-0.3, -0.25) is 9.48 Å². The Hall–Kier alpha value is -2.40. The number of piperidine rings is 1. The number of likely N-dealkylation sites (tertiary alicyclic amines) is 1. The van der Waals surface area contributed by atoms with Crippen LogP contribution in [-0.4, -0.2) is 33.7 Å². The van der Waals surface area contributed by atoms with E-state index in [9.17, 15) is 4.79 Å². The maximum Gasteiger partial charge on any atom is 0.263 e. The zero-order chi connectivity index (χ0) is 18.8. The first-order valence-electron chi connectivity index (χ1n) is 9.59. The van der Waals surface area contributed by atoms with E-state index >= 15 is 0 Å². The molecule has 0 aliphatic carbocycles. The molecule has 1 amide bonds. The number of amides is 1. The Kier molecular flexibility index (Phi) is 5.12. The molecule has 1 aliphatic heterocycles. The minimum atomic E-state index is 0.170. The van der Waals surface area contributed by atoms with Crippen LogP contribution in [0.4, 0.5) is 0 Å². The summed E-state index contributed by atoms with van der Waals surface area (Å²) in [5.41, 5.74) is 4.69. The van der Waals surface area contributed by atoms with E-state index in [1.54, 1.807) is 11.3 Å². The van der Waals surface area contributed by atoms with Crippen molar-refractivity contribution in [2.75, 3.05) is 13.1 Å². The molecule has 27 heavy (non-hydrogen) atoms. The molecule has 5 heteroatoms. The smallest absolute Gasteiger partial charge is 0.263 e. The quantitative estimate of drug-likeness (QED) is 0.660. The van der Waals surface area contributed by atoms with Crippen LogP contribution in [0.5, 0.6) is 0 Å². The number of aromatic nitrogens is 2. The standard InChI is InChI=1S/C22H25N3OS/c1-16-18(15-17-9-5-3-6-10-17)21(23-24(16)2)19-11-12-20(27-19)22(26)25-13-7-4-8-14-25/h3,5-6,9-12H,4,7-8,13-15H2,1-2H3. The van der Waals surface area contributed by atoms with Crippen molar-refractivity contribution in [3.8, 4) is 10.6 Å². The van der Waals surface area contributed by atoms with Crippen molar-refractivity contribution in [3.05, 3.63) is 64.2 Å². The van der Waals surface area contributed by atoms with Gasteiger partial charge in [0.2, 0.25) is 0 Å². The lowest BCUT2D eigenvalue weighted by atomic mass is 10.0. The molecule has 0 atom stereocenters. The molecule has 0 N–H and O–H groups in total. The molecular formula is C22H25N3OS. The van der Waals surface area contributed by atoms with Crippen LogP contribution in [0.1, 0.15) is 45.8 Å². The second-order valence-corrected chi connectivity index (χ2v) is 8.30. The fraction of sp³-hybridized carbons (Fsp3) is 0.364. The van der Waals surface area contributed by atoms with E-state index in [1.807, 2.05) is 28.8 Å². The van der Waals surface area contributed by atoms with Gasteiger partial charge in [0.25, 0.3) is 5.91 Å². The van der Waals surface area contributed by atoms with Crippen LogP contribution in [0.15, 0.2) is 42.5 Å². The van der Waals surface area contributed by atoms with Gasteiger partial charge < -0.3 is 4.90 Å². The summed E-state index contributed by atoms with van der Waals surface area (Å²) in [7, 11) is 1.99. The lowest BCUT2D eigenvalue weighted by Crippen LogP contribution is -2.35. The normalized spacial score (nSPS) is 14.5. The van der Waals surface area contributed by atoms with Crippen molar-refractivity contribution in [2.45, 2.75) is 32.6 Å². The van der Waals surface area contributed by atoms with Crippen molar-refractivity contribution >= 4 is 17.2 Å². The van der Waals surface area contributed by atoms with Gasteiger partial charge in [0.15, 0.2) is 0 Å². The molecule has 3 heterocycles. The monoisotopic (exact) mass is 379 g/mol. The van der Waals surface area contributed by atoms with Gasteiger partial charge in [-0.25, -0.2) is 0 Å². The zero-order valence-electron chi connectivity index (χ0n) is 15.9. The lowest BCUT2D eigenvalue weighted by Gasteiger charge is -2.26. The molecule has 2 aromatic heterocycles. The van der Waals surface area contributed by atoms with Crippen LogP contribution in [0.2, 0.25) is 0 Å².